The second kappa shape index (κ2) is 10.1. The number of rotatable bonds is 5. The zero-order valence-corrected chi connectivity index (χ0v) is 16.1. The van der Waals surface area contributed by atoms with E-state index in [0.717, 1.165) is 5.84 Å². The first-order chi connectivity index (χ1) is 13.7. The van der Waals surface area contributed by atoms with Crippen LogP contribution in [0.1, 0.15) is 37.1 Å². The van der Waals surface area contributed by atoms with Gasteiger partial charge in [0.15, 0.2) is 0 Å². The van der Waals surface area contributed by atoms with Gasteiger partial charge in [0.05, 0.1) is 12.1 Å². The number of halogens is 3. The Morgan fingerprint density at radius 3 is 2.00 bits per heavy atom. The third-order valence-corrected chi connectivity index (χ3v) is 4.03. The van der Waals surface area contributed by atoms with Crippen molar-refractivity contribution < 1.29 is 27.8 Å². The highest BCUT2D eigenvalue weighted by atomic mass is 19.4. The summed E-state index contributed by atoms with van der Waals surface area (Å²) >= 11 is 0. The molecule has 0 aliphatic carbocycles. The first-order valence-electron chi connectivity index (χ1n) is 9.03. The van der Waals surface area contributed by atoms with Crippen LogP contribution in [0.25, 0.3) is 0 Å². The normalized spacial score (nSPS) is 18.5. The number of nitrogens with one attached hydrogen (secondary N) is 1. The third kappa shape index (κ3) is 6.90. The summed E-state index contributed by atoms with van der Waals surface area (Å²) in [6.45, 7) is 4.61. The van der Waals surface area contributed by atoms with Gasteiger partial charge in [0.1, 0.15) is 18.5 Å². The topological polar surface area (TPSA) is 70.9 Å². The molecule has 29 heavy (non-hydrogen) atoms. The molecule has 5 nitrogen and oxygen atoms in total. The van der Waals surface area contributed by atoms with Gasteiger partial charge in [-0.25, -0.2) is 4.79 Å². The van der Waals surface area contributed by atoms with Crippen LogP contribution < -0.4 is 5.32 Å². The summed E-state index contributed by atoms with van der Waals surface area (Å²) in [5, 5.41) is 10.7. The predicted octanol–water partition coefficient (Wildman–Crippen LogP) is 4.53. The number of aliphatic imine (C=N–C) groups is 1. The van der Waals surface area contributed by atoms with E-state index in [1.54, 1.807) is 0 Å². The van der Waals surface area contributed by atoms with Crippen molar-refractivity contribution in [3.8, 4) is 0 Å². The molecule has 0 amide bonds. The summed E-state index contributed by atoms with van der Waals surface area (Å²) in [4.78, 5) is 13.8. The van der Waals surface area contributed by atoms with Crippen molar-refractivity contribution in [2.45, 2.75) is 38.2 Å². The smallest absolute Gasteiger partial charge is 0.475 e. The second-order valence-corrected chi connectivity index (χ2v) is 6.63. The predicted molar refractivity (Wildman–Crippen MR) is 104 cm³/mol. The lowest BCUT2D eigenvalue weighted by Crippen LogP contribution is -2.28. The maximum absolute atomic E-state index is 10.6. The summed E-state index contributed by atoms with van der Waals surface area (Å²) in [5.41, 5.74) is 2.48. The number of alkyl halides is 3. The Labute approximate surface area is 167 Å². The van der Waals surface area contributed by atoms with Crippen molar-refractivity contribution in [1.82, 2.24) is 5.32 Å². The summed E-state index contributed by atoms with van der Waals surface area (Å²) in [5.74, 6) is -1.83. The molecule has 1 aliphatic heterocycles. The number of ether oxygens (including phenoxy) is 1. The quantitative estimate of drug-likeness (QED) is 0.763. The summed E-state index contributed by atoms with van der Waals surface area (Å²) in [6.07, 6.45) is -4.88. The molecular formula is C21H23F3N2O3. The van der Waals surface area contributed by atoms with E-state index in [0.29, 0.717) is 6.61 Å². The number of aliphatic carboxylic acids is 1. The van der Waals surface area contributed by atoms with Gasteiger partial charge in [-0.15, -0.1) is 0 Å². The highest BCUT2D eigenvalue weighted by Gasteiger charge is 2.38. The van der Waals surface area contributed by atoms with Crippen molar-refractivity contribution in [1.29, 1.82) is 0 Å². The van der Waals surface area contributed by atoms with Gasteiger partial charge in [-0.1, -0.05) is 60.7 Å². The molecule has 0 bridgehead atoms. The Bertz CT molecular complexity index is 809. The molecular weight excluding hydrogens is 385 g/mol. The molecule has 0 radical (unpaired) electrons. The molecule has 2 atom stereocenters. The lowest BCUT2D eigenvalue weighted by Gasteiger charge is -2.19. The van der Waals surface area contributed by atoms with Gasteiger partial charge in [-0.3, -0.25) is 4.99 Å². The fourth-order valence-electron chi connectivity index (χ4n) is 2.71. The van der Waals surface area contributed by atoms with Gasteiger partial charge in [0.25, 0.3) is 0 Å². The van der Waals surface area contributed by atoms with E-state index in [2.05, 4.69) is 53.8 Å². The van der Waals surface area contributed by atoms with Crippen LogP contribution in [0.3, 0.4) is 0 Å². The number of nitrogens with zero attached hydrogens (tertiary/aromatic N) is 1. The van der Waals surface area contributed by atoms with Crippen LogP contribution in [0.15, 0.2) is 65.7 Å². The number of carboxylic acid groups (broad SMARTS) is 1. The number of benzene rings is 2. The molecule has 0 aromatic heterocycles. The van der Waals surface area contributed by atoms with Crippen LogP contribution in [0, 0.1) is 0 Å². The Morgan fingerprint density at radius 2 is 1.55 bits per heavy atom. The molecule has 0 saturated heterocycles. The Hall–Kier alpha value is -2.87. The van der Waals surface area contributed by atoms with Crippen LogP contribution in [0.4, 0.5) is 13.2 Å². The Morgan fingerprint density at radius 1 is 1.07 bits per heavy atom. The van der Waals surface area contributed by atoms with Crippen LogP contribution in [-0.4, -0.2) is 35.8 Å². The lowest BCUT2D eigenvalue weighted by atomic mass is 9.95. The monoisotopic (exact) mass is 408 g/mol. The lowest BCUT2D eigenvalue weighted by molar-refractivity contribution is -0.192. The highest BCUT2D eigenvalue weighted by Crippen LogP contribution is 2.35. The molecule has 1 aliphatic rings. The largest absolute Gasteiger partial charge is 0.490 e. The molecule has 3 rings (SSSR count). The summed E-state index contributed by atoms with van der Waals surface area (Å²) in [6, 6.07) is 21.2. The van der Waals surface area contributed by atoms with Crippen molar-refractivity contribution in [3.05, 3.63) is 71.8 Å². The standard InChI is InChI=1S/C19H22N2O.C2HF3O2/c1-14(2)22-13-17-20-18(15-9-5-3-6-10-15)19(21-17)16-11-7-4-8-12-16;3-2(4,5)1(6)7/h3-12,14,18-19H,13H2,1-2H3,(H,20,21);(H,6,7)/t18-,19+;. The van der Waals surface area contributed by atoms with Crippen LogP contribution in [0.5, 0.6) is 0 Å². The van der Waals surface area contributed by atoms with Crippen molar-refractivity contribution in [2.24, 2.45) is 4.99 Å². The second-order valence-electron chi connectivity index (χ2n) is 6.63. The van der Waals surface area contributed by atoms with E-state index >= 15 is 0 Å². The summed E-state index contributed by atoms with van der Waals surface area (Å²) < 4.78 is 37.4. The minimum atomic E-state index is -5.08. The van der Waals surface area contributed by atoms with Gasteiger partial charge in [-0.2, -0.15) is 13.2 Å². The third-order valence-electron chi connectivity index (χ3n) is 4.03. The van der Waals surface area contributed by atoms with E-state index in [1.807, 2.05) is 26.0 Å². The zero-order chi connectivity index (χ0) is 21.4. The Balaban J connectivity index is 0.000000370. The fourth-order valence-corrected chi connectivity index (χ4v) is 2.71. The minimum Gasteiger partial charge on any atom is -0.475 e. The molecule has 0 saturated carbocycles. The van der Waals surface area contributed by atoms with E-state index in [1.165, 1.54) is 11.1 Å². The fraction of sp³-hybridized carbons (Fsp3) is 0.333. The van der Waals surface area contributed by atoms with E-state index in [4.69, 9.17) is 19.6 Å². The number of amidine groups is 1. The van der Waals surface area contributed by atoms with Crippen LogP contribution in [0.2, 0.25) is 0 Å². The molecule has 1 heterocycles. The van der Waals surface area contributed by atoms with Gasteiger partial charge >= 0.3 is 12.1 Å². The number of carboxylic acids is 1. The van der Waals surface area contributed by atoms with E-state index in [9.17, 15) is 13.2 Å². The van der Waals surface area contributed by atoms with Crippen LogP contribution >= 0.6 is 0 Å². The first-order valence-corrected chi connectivity index (χ1v) is 9.03. The molecule has 156 valence electrons. The highest BCUT2D eigenvalue weighted by molar-refractivity contribution is 5.86. The molecule has 0 spiro atoms. The van der Waals surface area contributed by atoms with Gasteiger partial charge in [0, 0.05) is 0 Å². The van der Waals surface area contributed by atoms with E-state index in [-0.39, 0.29) is 18.2 Å². The molecule has 2 aromatic rings. The maximum Gasteiger partial charge on any atom is 0.490 e. The number of hydrogen-bond donors (Lipinski definition) is 2. The van der Waals surface area contributed by atoms with Gasteiger partial charge in [-0.05, 0) is 25.0 Å². The maximum atomic E-state index is 10.6. The molecule has 2 N–H and O–H groups in total. The van der Waals surface area contributed by atoms with Gasteiger partial charge < -0.3 is 15.2 Å². The molecule has 0 unspecified atom stereocenters. The van der Waals surface area contributed by atoms with Crippen molar-refractivity contribution in [3.63, 3.8) is 0 Å². The minimum absolute atomic E-state index is 0.0920. The van der Waals surface area contributed by atoms with E-state index < -0.39 is 12.1 Å². The first kappa shape index (κ1) is 22.4. The van der Waals surface area contributed by atoms with Crippen LogP contribution in [-0.2, 0) is 9.53 Å². The molecule has 2 aromatic carbocycles. The molecule has 0 fully saturated rings. The van der Waals surface area contributed by atoms with Crippen molar-refractivity contribution in [2.75, 3.05) is 6.61 Å². The molecule has 8 heteroatoms. The average molecular weight is 408 g/mol. The average Bonchev–Trinajstić information content (AvgIpc) is 3.12. The van der Waals surface area contributed by atoms with Crippen molar-refractivity contribution >= 4 is 11.8 Å². The number of carbonyl (C=O) groups is 1. The summed E-state index contributed by atoms with van der Waals surface area (Å²) in [7, 11) is 0. The zero-order valence-electron chi connectivity index (χ0n) is 16.1. The SMILES string of the molecule is CC(C)OCC1=N[C@H](c2ccccc2)[C@H](c2ccccc2)N1.O=C(O)C(F)(F)F. The Kier molecular flexibility index (Phi) is 7.78. The van der Waals surface area contributed by atoms with Gasteiger partial charge in [0.2, 0.25) is 0 Å². The number of hydrogen-bond acceptors (Lipinski definition) is 4.